The third kappa shape index (κ3) is 3.70. The van der Waals surface area contributed by atoms with Crippen LogP contribution in [0.1, 0.15) is 11.3 Å². The van der Waals surface area contributed by atoms with E-state index in [1.54, 1.807) is 29.5 Å². The molecule has 0 saturated heterocycles. The number of carbonyl (C=O) groups excluding carboxylic acids is 1. The third-order valence-corrected chi connectivity index (χ3v) is 5.08. The van der Waals surface area contributed by atoms with Gasteiger partial charge >= 0.3 is 0 Å². The van der Waals surface area contributed by atoms with Gasteiger partial charge in [0.25, 0.3) is 5.56 Å². The minimum atomic E-state index is -0.334. The van der Waals surface area contributed by atoms with Gasteiger partial charge in [0, 0.05) is 28.4 Å². The second kappa shape index (κ2) is 7.36. The first kappa shape index (κ1) is 18.1. The van der Waals surface area contributed by atoms with Crippen LogP contribution in [0.2, 0.25) is 0 Å². The summed E-state index contributed by atoms with van der Waals surface area (Å²) in [6.07, 6.45) is 0.147. The van der Waals surface area contributed by atoms with Gasteiger partial charge in [-0.2, -0.15) is 0 Å². The average molecular weight is 393 g/mol. The number of hydrogen-bond acceptors (Lipinski definition) is 4. The quantitative estimate of drug-likeness (QED) is 0.569. The molecule has 5 nitrogen and oxygen atoms in total. The van der Waals surface area contributed by atoms with Crippen molar-refractivity contribution in [2.45, 2.75) is 13.3 Å². The van der Waals surface area contributed by atoms with Gasteiger partial charge in [-0.15, -0.1) is 11.3 Å². The van der Waals surface area contributed by atoms with Crippen LogP contribution in [0.15, 0.2) is 64.8 Å². The summed E-state index contributed by atoms with van der Waals surface area (Å²) in [5.41, 5.74) is 3.43. The maximum atomic E-state index is 13.0. The molecule has 2 aromatic carbocycles. The molecule has 4 rings (SSSR count). The molecule has 0 aliphatic carbocycles. The Balaban J connectivity index is 1.59. The number of aromatic nitrogens is 2. The number of nitrogens with one attached hydrogen (secondary N) is 1. The molecular formula is C21H16FN3O2S. The number of benzene rings is 2. The van der Waals surface area contributed by atoms with E-state index in [0.717, 1.165) is 16.8 Å². The summed E-state index contributed by atoms with van der Waals surface area (Å²) in [6.45, 7) is 1.79. The van der Waals surface area contributed by atoms with Crippen molar-refractivity contribution in [3.63, 3.8) is 0 Å². The van der Waals surface area contributed by atoms with Gasteiger partial charge in [0.15, 0.2) is 4.96 Å². The number of anilines is 1. The van der Waals surface area contributed by atoms with Gasteiger partial charge in [-0.3, -0.25) is 14.0 Å². The van der Waals surface area contributed by atoms with E-state index in [-0.39, 0.29) is 23.7 Å². The fourth-order valence-electron chi connectivity index (χ4n) is 2.98. The van der Waals surface area contributed by atoms with Crippen LogP contribution in [-0.2, 0) is 11.2 Å². The number of amides is 1. The highest BCUT2D eigenvalue weighted by atomic mass is 32.1. The number of fused-ring (bicyclic) bond motifs is 1. The van der Waals surface area contributed by atoms with Crippen LogP contribution in [0.5, 0.6) is 0 Å². The van der Waals surface area contributed by atoms with Gasteiger partial charge in [-0.1, -0.05) is 24.3 Å². The van der Waals surface area contributed by atoms with Crippen LogP contribution in [0, 0.1) is 12.7 Å². The summed E-state index contributed by atoms with van der Waals surface area (Å²) in [7, 11) is 0. The van der Waals surface area contributed by atoms with Crippen molar-refractivity contribution in [1.29, 1.82) is 0 Å². The largest absolute Gasteiger partial charge is 0.326 e. The number of aryl methyl sites for hydroxylation is 1. The van der Waals surface area contributed by atoms with Crippen molar-refractivity contribution < 1.29 is 9.18 Å². The summed E-state index contributed by atoms with van der Waals surface area (Å²) in [5.74, 6) is -0.534. The van der Waals surface area contributed by atoms with E-state index in [0.29, 0.717) is 16.3 Å². The first-order valence-electron chi connectivity index (χ1n) is 8.62. The summed E-state index contributed by atoms with van der Waals surface area (Å²) in [5, 5.41) is 4.72. The topological polar surface area (TPSA) is 63.5 Å². The number of halogens is 1. The van der Waals surface area contributed by atoms with E-state index in [9.17, 15) is 14.0 Å². The third-order valence-electron chi connectivity index (χ3n) is 4.25. The molecule has 4 aromatic rings. The van der Waals surface area contributed by atoms with Crippen LogP contribution in [0.25, 0.3) is 16.2 Å². The molecule has 0 fully saturated rings. The van der Waals surface area contributed by atoms with E-state index >= 15 is 0 Å². The molecule has 0 aliphatic rings. The smallest absolute Gasteiger partial charge is 0.259 e. The summed E-state index contributed by atoms with van der Waals surface area (Å²) < 4.78 is 14.5. The van der Waals surface area contributed by atoms with Crippen LogP contribution in [0.3, 0.4) is 0 Å². The lowest BCUT2D eigenvalue weighted by Crippen LogP contribution is -2.15. The van der Waals surface area contributed by atoms with Gasteiger partial charge < -0.3 is 5.32 Å². The zero-order valence-electron chi connectivity index (χ0n) is 15.0. The van der Waals surface area contributed by atoms with Crippen LogP contribution in [0.4, 0.5) is 10.1 Å². The molecule has 1 amide bonds. The Morgan fingerprint density at radius 3 is 2.75 bits per heavy atom. The maximum Gasteiger partial charge on any atom is 0.259 e. The Bertz CT molecular complexity index is 1230. The van der Waals surface area contributed by atoms with Gasteiger partial charge in [0.05, 0.1) is 12.1 Å². The Hall–Kier alpha value is -3.32. The normalized spacial score (nSPS) is 10.9. The average Bonchev–Trinajstić information content (AvgIpc) is 3.08. The van der Waals surface area contributed by atoms with Gasteiger partial charge in [0.2, 0.25) is 5.91 Å². The first-order valence-corrected chi connectivity index (χ1v) is 9.50. The van der Waals surface area contributed by atoms with Crippen LogP contribution >= 0.6 is 11.3 Å². The van der Waals surface area contributed by atoms with E-state index in [4.69, 9.17) is 0 Å². The van der Waals surface area contributed by atoms with Gasteiger partial charge in [-0.05, 0) is 36.8 Å². The Morgan fingerprint density at radius 2 is 1.96 bits per heavy atom. The van der Waals surface area contributed by atoms with E-state index in [1.807, 2.05) is 23.6 Å². The fraction of sp³-hybridized carbons (Fsp3) is 0.0952. The van der Waals surface area contributed by atoms with Gasteiger partial charge in [0.1, 0.15) is 5.82 Å². The Morgan fingerprint density at radius 1 is 1.18 bits per heavy atom. The van der Waals surface area contributed by atoms with Crippen molar-refractivity contribution in [1.82, 2.24) is 9.38 Å². The number of thiazole rings is 1. The molecule has 2 aromatic heterocycles. The second-order valence-corrected chi connectivity index (χ2v) is 7.24. The molecule has 1 N–H and O–H groups in total. The summed E-state index contributed by atoms with van der Waals surface area (Å²) in [4.78, 5) is 29.7. The lowest BCUT2D eigenvalue weighted by Gasteiger charge is -2.08. The number of hydrogen-bond donors (Lipinski definition) is 1. The molecule has 0 aliphatic heterocycles. The highest BCUT2D eigenvalue weighted by Crippen LogP contribution is 2.26. The van der Waals surface area contributed by atoms with Crippen molar-refractivity contribution in [3.05, 3.63) is 87.4 Å². The molecule has 140 valence electrons. The minimum Gasteiger partial charge on any atom is -0.326 e. The fourth-order valence-corrected chi connectivity index (χ4v) is 3.93. The van der Waals surface area contributed by atoms with Crippen molar-refractivity contribution in [2.75, 3.05) is 5.32 Å². The Kier molecular flexibility index (Phi) is 4.75. The lowest BCUT2D eigenvalue weighted by atomic mass is 10.1. The summed E-state index contributed by atoms with van der Waals surface area (Å²) in [6, 6.07) is 14.6. The number of carbonyl (C=O) groups is 1. The minimum absolute atomic E-state index is 0.135. The second-order valence-electron chi connectivity index (χ2n) is 6.41. The predicted octanol–water partition coefficient (Wildman–Crippen LogP) is 4.05. The monoisotopic (exact) mass is 393 g/mol. The highest BCUT2D eigenvalue weighted by molar-refractivity contribution is 7.15. The van der Waals surface area contributed by atoms with E-state index in [2.05, 4.69) is 10.3 Å². The molecule has 0 spiro atoms. The van der Waals surface area contributed by atoms with Crippen molar-refractivity contribution in [3.8, 4) is 11.3 Å². The molecule has 7 heteroatoms. The highest BCUT2D eigenvalue weighted by Gasteiger charge is 2.11. The van der Waals surface area contributed by atoms with Crippen molar-refractivity contribution >= 4 is 27.9 Å². The van der Waals surface area contributed by atoms with Gasteiger partial charge in [-0.25, -0.2) is 9.37 Å². The number of rotatable bonds is 4. The molecule has 0 unspecified atom stereocenters. The molecule has 28 heavy (non-hydrogen) atoms. The number of nitrogens with zero attached hydrogens (tertiary/aromatic N) is 2. The predicted molar refractivity (Wildman–Crippen MR) is 108 cm³/mol. The summed E-state index contributed by atoms with van der Waals surface area (Å²) >= 11 is 1.39. The zero-order chi connectivity index (χ0) is 19.7. The lowest BCUT2D eigenvalue weighted by molar-refractivity contribution is -0.115. The molecule has 0 radical (unpaired) electrons. The maximum absolute atomic E-state index is 13.0. The van der Waals surface area contributed by atoms with E-state index < -0.39 is 0 Å². The van der Waals surface area contributed by atoms with E-state index in [1.165, 1.54) is 29.5 Å². The Labute approximate surface area is 164 Å². The standard InChI is InChI=1S/C21H16FN3O2S/c1-13-9-20(27)25-18(12-28-21(25)23-13)15-3-2-4-17(11-15)24-19(26)10-14-5-7-16(22)8-6-14/h2-9,11-12H,10H2,1H3,(H,24,26). The first-order chi connectivity index (χ1) is 13.5. The zero-order valence-corrected chi connectivity index (χ0v) is 15.8. The van der Waals surface area contributed by atoms with Crippen molar-refractivity contribution in [2.24, 2.45) is 0 Å². The van der Waals surface area contributed by atoms with Crippen LogP contribution in [-0.4, -0.2) is 15.3 Å². The molecular weight excluding hydrogens is 377 g/mol. The molecule has 0 saturated carbocycles. The molecule has 0 atom stereocenters. The SMILES string of the molecule is Cc1cc(=O)n2c(-c3cccc(NC(=O)Cc4ccc(F)cc4)c3)csc2n1. The van der Waals surface area contributed by atoms with Crippen LogP contribution < -0.4 is 10.9 Å². The molecule has 2 heterocycles. The molecule has 0 bridgehead atoms.